The average Bonchev–Trinajstić information content (AvgIpc) is 2.49. The van der Waals surface area contributed by atoms with Crippen LogP contribution in [-0.2, 0) is 11.2 Å². The molecule has 0 amide bonds. The van der Waals surface area contributed by atoms with E-state index in [-0.39, 0.29) is 11.5 Å². The molecular weight excluding hydrogens is 261 g/mol. The van der Waals surface area contributed by atoms with Crippen LogP contribution in [0.25, 0.3) is 0 Å². The summed E-state index contributed by atoms with van der Waals surface area (Å²) in [4.78, 5) is 19.3. The summed E-state index contributed by atoms with van der Waals surface area (Å²) in [6.45, 7) is 0.486. The predicted molar refractivity (Wildman–Crippen MR) is 72.0 cm³/mol. The molecule has 1 aromatic carbocycles. The highest BCUT2D eigenvalue weighted by atomic mass is 19.1. The molecule has 2 rings (SSSR count). The number of ether oxygens (including phenoxy) is 1. The highest BCUT2D eigenvalue weighted by molar-refractivity contribution is 5.87. The molecule has 0 fully saturated rings. The van der Waals surface area contributed by atoms with Crippen molar-refractivity contribution in [3.63, 3.8) is 0 Å². The molecule has 0 saturated carbocycles. The maximum absolute atomic E-state index is 13.4. The molecule has 0 bridgehead atoms. The van der Waals surface area contributed by atoms with Crippen molar-refractivity contribution >= 4 is 11.8 Å². The smallest absolute Gasteiger partial charge is 0.358 e. The molecule has 0 atom stereocenters. The van der Waals surface area contributed by atoms with Crippen LogP contribution in [0.5, 0.6) is 0 Å². The first-order valence-electron chi connectivity index (χ1n) is 6.08. The first-order chi connectivity index (χ1) is 9.70. The van der Waals surface area contributed by atoms with Gasteiger partial charge in [-0.25, -0.2) is 14.2 Å². The molecule has 1 aromatic heterocycles. The summed E-state index contributed by atoms with van der Waals surface area (Å²) in [6, 6.07) is 6.59. The molecule has 5 nitrogen and oxygen atoms in total. The lowest BCUT2D eigenvalue weighted by Crippen LogP contribution is -2.11. The second-order valence-electron chi connectivity index (χ2n) is 4.05. The number of esters is 1. The number of carbonyl (C=O) groups excluding carboxylic acids is 1. The number of anilines is 1. The third-order valence-corrected chi connectivity index (χ3v) is 2.69. The van der Waals surface area contributed by atoms with Gasteiger partial charge >= 0.3 is 5.97 Å². The van der Waals surface area contributed by atoms with Crippen LogP contribution >= 0.6 is 0 Å². The van der Waals surface area contributed by atoms with Gasteiger partial charge in [-0.15, -0.1) is 0 Å². The molecule has 0 spiro atoms. The van der Waals surface area contributed by atoms with Gasteiger partial charge in [0.05, 0.1) is 19.5 Å². The van der Waals surface area contributed by atoms with Gasteiger partial charge in [-0.1, -0.05) is 18.2 Å². The maximum atomic E-state index is 13.4. The van der Waals surface area contributed by atoms with Crippen LogP contribution in [-0.4, -0.2) is 29.6 Å². The Morgan fingerprint density at radius 3 is 2.90 bits per heavy atom. The molecule has 20 heavy (non-hydrogen) atoms. The number of halogens is 1. The van der Waals surface area contributed by atoms with Crippen molar-refractivity contribution in [1.29, 1.82) is 0 Å². The van der Waals surface area contributed by atoms with Crippen LogP contribution in [0.2, 0.25) is 0 Å². The lowest BCUT2D eigenvalue weighted by molar-refractivity contribution is 0.0593. The average molecular weight is 275 g/mol. The summed E-state index contributed by atoms with van der Waals surface area (Å²) in [6.07, 6.45) is 3.33. The van der Waals surface area contributed by atoms with Crippen molar-refractivity contribution in [3.8, 4) is 0 Å². The Morgan fingerprint density at radius 2 is 2.15 bits per heavy atom. The second kappa shape index (κ2) is 6.60. The zero-order valence-corrected chi connectivity index (χ0v) is 11.0. The number of hydrogen-bond acceptors (Lipinski definition) is 5. The fourth-order valence-corrected chi connectivity index (χ4v) is 1.68. The van der Waals surface area contributed by atoms with Gasteiger partial charge in [0, 0.05) is 6.54 Å². The quantitative estimate of drug-likeness (QED) is 0.846. The van der Waals surface area contributed by atoms with Crippen molar-refractivity contribution in [3.05, 3.63) is 53.7 Å². The number of benzene rings is 1. The van der Waals surface area contributed by atoms with Crippen molar-refractivity contribution in [2.24, 2.45) is 0 Å². The van der Waals surface area contributed by atoms with E-state index < -0.39 is 5.97 Å². The molecule has 0 aliphatic heterocycles. The van der Waals surface area contributed by atoms with E-state index in [0.29, 0.717) is 24.3 Å². The van der Waals surface area contributed by atoms with Gasteiger partial charge in [0.2, 0.25) is 0 Å². The number of hydrogen-bond donors (Lipinski definition) is 1. The lowest BCUT2D eigenvalue weighted by Gasteiger charge is -2.07. The van der Waals surface area contributed by atoms with E-state index >= 15 is 0 Å². The normalized spacial score (nSPS) is 10.1. The van der Waals surface area contributed by atoms with E-state index in [4.69, 9.17) is 0 Å². The summed E-state index contributed by atoms with van der Waals surface area (Å²) in [5, 5.41) is 2.99. The van der Waals surface area contributed by atoms with Gasteiger partial charge in [-0.3, -0.25) is 4.98 Å². The molecule has 0 unspecified atom stereocenters. The van der Waals surface area contributed by atoms with Gasteiger partial charge in [0.15, 0.2) is 5.69 Å². The van der Waals surface area contributed by atoms with E-state index in [0.717, 1.165) is 0 Å². The molecule has 1 heterocycles. The minimum Gasteiger partial charge on any atom is -0.464 e. The molecule has 2 aromatic rings. The van der Waals surface area contributed by atoms with Gasteiger partial charge in [0.25, 0.3) is 0 Å². The highest BCUT2D eigenvalue weighted by Gasteiger charge is 2.08. The molecule has 1 N–H and O–H groups in total. The molecule has 0 aliphatic carbocycles. The fourth-order valence-electron chi connectivity index (χ4n) is 1.68. The Hall–Kier alpha value is -2.50. The van der Waals surface area contributed by atoms with Gasteiger partial charge in [-0.2, -0.15) is 0 Å². The first kappa shape index (κ1) is 13.9. The largest absolute Gasteiger partial charge is 0.464 e. The van der Waals surface area contributed by atoms with E-state index in [1.165, 1.54) is 25.6 Å². The fraction of sp³-hybridized carbons (Fsp3) is 0.214. The summed E-state index contributed by atoms with van der Waals surface area (Å²) in [5.41, 5.74) is 0.750. The number of methoxy groups -OCH3 is 1. The Morgan fingerprint density at radius 1 is 1.35 bits per heavy atom. The lowest BCUT2D eigenvalue weighted by atomic mass is 10.1. The van der Waals surface area contributed by atoms with Crippen molar-refractivity contribution in [1.82, 2.24) is 9.97 Å². The number of carbonyl (C=O) groups is 1. The topological polar surface area (TPSA) is 64.1 Å². The Bertz CT molecular complexity index is 604. The van der Waals surface area contributed by atoms with Crippen molar-refractivity contribution in [2.75, 3.05) is 19.0 Å². The maximum Gasteiger partial charge on any atom is 0.358 e. The predicted octanol–water partition coefficient (Wildman–Crippen LogP) is 2.06. The Labute approximate surface area is 115 Å². The summed E-state index contributed by atoms with van der Waals surface area (Å²) >= 11 is 0. The van der Waals surface area contributed by atoms with Crippen LogP contribution < -0.4 is 5.32 Å². The summed E-state index contributed by atoms with van der Waals surface area (Å²) < 4.78 is 18.0. The summed E-state index contributed by atoms with van der Waals surface area (Å²) in [5.74, 6) is -0.330. The van der Waals surface area contributed by atoms with E-state index in [9.17, 15) is 9.18 Å². The standard InChI is InChI=1S/C14H14FN3O2/c1-20-14(19)12-8-16-9-13(18-12)17-7-6-10-4-2-3-5-11(10)15/h2-5,8-9H,6-7H2,1H3,(H,17,18). The summed E-state index contributed by atoms with van der Waals surface area (Å²) in [7, 11) is 1.28. The van der Waals surface area contributed by atoms with Crippen LogP contribution in [0.1, 0.15) is 16.1 Å². The molecule has 0 saturated heterocycles. The second-order valence-corrected chi connectivity index (χ2v) is 4.05. The molecule has 0 radical (unpaired) electrons. The van der Waals surface area contributed by atoms with Crippen LogP contribution in [0.15, 0.2) is 36.7 Å². The minimum absolute atomic E-state index is 0.128. The van der Waals surface area contributed by atoms with E-state index in [2.05, 4.69) is 20.0 Å². The third kappa shape index (κ3) is 3.50. The minimum atomic E-state index is -0.546. The number of aromatic nitrogens is 2. The van der Waals surface area contributed by atoms with E-state index in [1.54, 1.807) is 18.2 Å². The first-order valence-corrected chi connectivity index (χ1v) is 6.08. The van der Waals surface area contributed by atoms with Crippen LogP contribution in [0.4, 0.5) is 10.2 Å². The van der Waals surface area contributed by atoms with Crippen LogP contribution in [0.3, 0.4) is 0 Å². The van der Waals surface area contributed by atoms with Gasteiger partial charge in [-0.05, 0) is 18.1 Å². The highest BCUT2D eigenvalue weighted by Crippen LogP contribution is 2.08. The molecule has 104 valence electrons. The number of nitrogens with zero attached hydrogens (tertiary/aromatic N) is 2. The molecule has 0 aliphatic rings. The SMILES string of the molecule is COC(=O)c1cncc(NCCc2ccccc2F)n1. The zero-order valence-electron chi connectivity index (χ0n) is 11.0. The van der Waals surface area contributed by atoms with Crippen molar-refractivity contribution < 1.29 is 13.9 Å². The molecule has 6 heteroatoms. The zero-order chi connectivity index (χ0) is 14.4. The van der Waals surface area contributed by atoms with Gasteiger partial charge < -0.3 is 10.1 Å². The van der Waals surface area contributed by atoms with E-state index in [1.807, 2.05) is 0 Å². The third-order valence-electron chi connectivity index (χ3n) is 2.69. The molecular formula is C14H14FN3O2. The Balaban J connectivity index is 1.94. The number of nitrogens with one attached hydrogen (secondary N) is 1. The monoisotopic (exact) mass is 275 g/mol. The van der Waals surface area contributed by atoms with Gasteiger partial charge in [0.1, 0.15) is 11.6 Å². The Kier molecular flexibility index (Phi) is 4.60. The number of rotatable bonds is 5. The van der Waals surface area contributed by atoms with Crippen LogP contribution in [0, 0.1) is 5.82 Å². The van der Waals surface area contributed by atoms with Crippen molar-refractivity contribution in [2.45, 2.75) is 6.42 Å².